The number of halogens is 2. The van der Waals surface area contributed by atoms with Crippen molar-refractivity contribution in [1.29, 1.82) is 0 Å². The van der Waals surface area contributed by atoms with Crippen LogP contribution in [0.15, 0.2) is 33.8 Å². The average molecular weight is 328 g/mol. The molecule has 1 atom stereocenters. The number of benzene rings is 1. The first kappa shape index (κ1) is 12.6. The van der Waals surface area contributed by atoms with Crippen molar-refractivity contribution < 1.29 is 9.13 Å². The molecular formula is C12H11BrFN3O2. The van der Waals surface area contributed by atoms with Crippen LogP contribution in [0.1, 0.15) is 12.5 Å². The lowest BCUT2D eigenvalue weighted by Gasteiger charge is -2.06. The van der Waals surface area contributed by atoms with Gasteiger partial charge in [-0.25, -0.2) is 18.4 Å². The highest BCUT2D eigenvalue weighted by Gasteiger charge is 2.22. The largest absolute Gasteiger partial charge is 0.379 e. The van der Waals surface area contributed by atoms with Crippen LogP contribution in [0, 0.1) is 5.82 Å². The second-order valence-electron chi connectivity index (χ2n) is 4.34. The van der Waals surface area contributed by atoms with Gasteiger partial charge in [-0.15, -0.1) is 0 Å². The van der Waals surface area contributed by atoms with Crippen LogP contribution in [-0.4, -0.2) is 27.6 Å². The first-order chi connectivity index (χ1) is 9.16. The molecule has 0 saturated carbocycles. The van der Waals surface area contributed by atoms with Crippen LogP contribution in [0.4, 0.5) is 4.39 Å². The van der Waals surface area contributed by atoms with Gasteiger partial charge in [-0.05, 0) is 24.6 Å². The Morgan fingerprint density at radius 3 is 3.00 bits per heavy atom. The maximum atomic E-state index is 13.9. The third kappa shape index (κ3) is 2.23. The summed E-state index contributed by atoms with van der Waals surface area (Å²) in [7, 11) is 0. The number of nitrogens with zero attached hydrogens (tertiary/aromatic N) is 3. The Morgan fingerprint density at radius 2 is 2.32 bits per heavy atom. The summed E-state index contributed by atoms with van der Waals surface area (Å²) in [5.74, 6) is -0.473. The summed E-state index contributed by atoms with van der Waals surface area (Å²) < 4.78 is 22.3. The van der Waals surface area contributed by atoms with E-state index in [1.165, 1.54) is 27.7 Å². The zero-order valence-electron chi connectivity index (χ0n) is 9.92. The van der Waals surface area contributed by atoms with Crippen molar-refractivity contribution in [3.05, 3.63) is 45.3 Å². The summed E-state index contributed by atoms with van der Waals surface area (Å²) in [5.41, 5.74) is -0.157. The third-order valence-electron chi connectivity index (χ3n) is 3.11. The number of aromatic nitrogens is 3. The van der Waals surface area contributed by atoms with Crippen molar-refractivity contribution in [2.45, 2.75) is 12.5 Å². The van der Waals surface area contributed by atoms with E-state index in [2.05, 4.69) is 21.0 Å². The molecule has 1 aliphatic rings. The Kier molecular flexibility index (Phi) is 3.24. The number of hydrogen-bond donors (Lipinski definition) is 0. The van der Waals surface area contributed by atoms with Crippen LogP contribution in [0.25, 0.3) is 5.69 Å². The lowest BCUT2D eigenvalue weighted by atomic mass is 10.3. The molecule has 0 spiro atoms. The molecule has 5 nitrogen and oxygen atoms in total. The molecule has 0 unspecified atom stereocenters. The minimum atomic E-state index is -0.473. The topological polar surface area (TPSA) is 49.0 Å². The van der Waals surface area contributed by atoms with Crippen molar-refractivity contribution in [3.63, 3.8) is 0 Å². The second-order valence-corrected chi connectivity index (χ2v) is 5.26. The van der Waals surface area contributed by atoms with E-state index < -0.39 is 5.82 Å². The fraction of sp³-hybridized carbons (Fsp3) is 0.333. The Morgan fingerprint density at radius 1 is 1.47 bits per heavy atom. The molecule has 0 N–H and O–H groups in total. The number of hydrogen-bond acceptors (Lipinski definition) is 3. The van der Waals surface area contributed by atoms with Gasteiger partial charge in [-0.2, -0.15) is 5.10 Å². The van der Waals surface area contributed by atoms with E-state index >= 15 is 0 Å². The molecule has 100 valence electrons. The molecule has 0 amide bonds. The van der Waals surface area contributed by atoms with Gasteiger partial charge in [0.25, 0.3) is 0 Å². The Balaban J connectivity index is 2.04. The van der Waals surface area contributed by atoms with Crippen molar-refractivity contribution in [3.8, 4) is 5.69 Å². The summed E-state index contributed by atoms with van der Waals surface area (Å²) >= 11 is 3.18. The number of ether oxygens (including phenoxy) is 1. The molecule has 0 aliphatic carbocycles. The van der Waals surface area contributed by atoms with Gasteiger partial charge in [0.2, 0.25) is 0 Å². The molecule has 7 heteroatoms. The summed E-state index contributed by atoms with van der Waals surface area (Å²) in [6.07, 6.45) is 2.09. The van der Waals surface area contributed by atoms with Gasteiger partial charge in [0.05, 0.1) is 18.3 Å². The van der Waals surface area contributed by atoms with E-state index in [1.54, 1.807) is 6.07 Å². The molecule has 1 aromatic heterocycles. The first-order valence-corrected chi connectivity index (χ1v) is 6.65. The molecule has 19 heavy (non-hydrogen) atoms. The standard InChI is InChI=1S/C12H11BrFN3O2/c13-8-1-2-11(10(14)5-8)16-7-15-17(12(16)18)9-3-4-19-6-9/h1-2,5,7,9H,3-4,6H2/t9-/m1/s1. The zero-order chi connectivity index (χ0) is 13.4. The highest BCUT2D eigenvalue weighted by atomic mass is 79.9. The van der Waals surface area contributed by atoms with E-state index in [0.29, 0.717) is 17.7 Å². The maximum Gasteiger partial charge on any atom is 0.350 e. The van der Waals surface area contributed by atoms with Crippen molar-refractivity contribution in [2.24, 2.45) is 0 Å². The smallest absolute Gasteiger partial charge is 0.350 e. The van der Waals surface area contributed by atoms with Crippen molar-refractivity contribution in [1.82, 2.24) is 14.3 Å². The second kappa shape index (κ2) is 4.90. The van der Waals surface area contributed by atoms with Crippen LogP contribution in [0.5, 0.6) is 0 Å². The van der Waals surface area contributed by atoms with Gasteiger partial charge in [0.1, 0.15) is 12.1 Å². The van der Waals surface area contributed by atoms with Crippen LogP contribution >= 0.6 is 15.9 Å². The van der Waals surface area contributed by atoms with Gasteiger partial charge in [0.15, 0.2) is 0 Å². The first-order valence-electron chi connectivity index (χ1n) is 5.86. The lowest BCUT2D eigenvalue weighted by molar-refractivity contribution is 0.183. The van der Waals surface area contributed by atoms with Crippen molar-refractivity contribution in [2.75, 3.05) is 13.2 Å². The maximum absolute atomic E-state index is 13.9. The van der Waals surface area contributed by atoms with Crippen LogP contribution in [0.3, 0.4) is 0 Å². The monoisotopic (exact) mass is 327 g/mol. The Labute approximate surface area is 116 Å². The van der Waals surface area contributed by atoms with E-state index in [9.17, 15) is 9.18 Å². The van der Waals surface area contributed by atoms with Crippen LogP contribution in [0.2, 0.25) is 0 Å². The molecule has 1 aliphatic heterocycles. The highest BCUT2D eigenvalue weighted by molar-refractivity contribution is 9.10. The normalized spacial score (nSPS) is 18.9. The molecule has 3 rings (SSSR count). The quantitative estimate of drug-likeness (QED) is 0.846. The van der Waals surface area contributed by atoms with E-state index in [0.717, 1.165) is 6.42 Å². The fourth-order valence-electron chi connectivity index (χ4n) is 2.12. The molecular weight excluding hydrogens is 317 g/mol. The molecule has 1 saturated heterocycles. The predicted molar refractivity (Wildman–Crippen MR) is 70.0 cm³/mol. The minimum absolute atomic E-state index is 0.0627. The van der Waals surface area contributed by atoms with E-state index in [4.69, 9.17) is 4.74 Å². The Bertz CT molecular complexity index is 661. The van der Waals surface area contributed by atoms with Crippen LogP contribution in [-0.2, 0) is 4.74 Å². The van der Waals surface area contributed by atoms with Gasteiger partial charge >= 0.3 is 5.69 Å². The van der Waals surface area contributed by atoms with Crippen LogP contribution < -0.4 is 5.69 Å². The summed E-state index contributed by atoms with van der Waals surface area (Å²) in [6, 6.07) is 4.48. The van der Waals surface area contributed by atoms with Crippen molar-refractivity contribution >= 4 is 15.9 Å². The molecule has 2 aromatic rings. The zero-order valence-corrected chi connectivity index (χ0v) is 11.5. The summed E-state index contributed by atoms with van der Waals surface area (Å²) in [4.78, 5) is 12.2. The molecule has 1 fully saturated rings. The van der Waals surface area contributed by atoms with Gasteiger partial charge in [0, 0.05) is 11.1 Å². The minimum Gasteiger partial charge on any atom is -0.379 e. The number of rotatable bonds is 2. The SMILES string of the molecule is O=c1n(-c2ccc(Br)cc2F)cnn1[C@@H]1CCOC1. The van der Waals surface area contributed by atoms with E-state index in [-0.39, 0.29) is 17.4 Å². The Hall–Kier alpha value is -1.47. The molecule has 0 radical (unpaired) electrons. The third-order valence-corrected chi connectivity index (χ3v) is 3.61. The molecule has 1 aromatic carbocycles. The fourth-order valence-corrected chi connectivity index (χ4v) is 2.46. The average Bonchev–Trinajstić information content (AvgIpc) is 2.99. The van der Waals surface area contributed by atoms with E-state index in [1.807, 2.05) is 0 Å². The predicted octanol–water partition coefficient (Wildman–Crippen LogP) is 1.90. The lowest BCUT2D eigenvalue weighted by Crippen LogP contribution is -2.28. The highest BCUT2D eigenvalue weighted by Crippen LogP contribution is 2.19. The summed E-state index contributed by atoms with van der Waals surface area (Å²) in [5, 5.41) is 4.05. The summed E-state index contributed by atoms with van der Waals surface area (Å²) in [6.45, 7) is 1.09. The van der Waals surface area contributed by atoms with Gasteiger partial charge in [-0.1, -0.05) is 15.9 Å². The van der Waals surface area contributed by atoms with Gasteiger partial charge in [-0.3, -0.25) is 0 Å². The molecule has 0 bridgehead atoms. The molecule has 2 heterocycles. The van der Waals surface area contributed by atoms with Gasteiger partial charge < -0.3 is 4.74 Å².